The Morgan fingerprint density at radius 1 is 1.41 bits per heavy atom. The molecule has 0 aliphatic rings. The van der Waals surface area contributed by atoms with Crippen molar-refractivity contribution in [3.05, 3.63) is 42.0 Å². The number of hydrogen-bond acceptors (Lipinski definition) is 3. The number of ether oxygens (including phenoxy) is 1. The fourth-order valence-electron chi connectivity index (χ4n) is 1.21. The van der Waals surface area contributed by atoms with E-state index in [2.05, 4.69) is 31.8 Å². The summed E-state index contributed by atoms with van der Waals surface area (Å²) >= 11 is 0. The van der Waals surface area contributed by atoms with Crippen LogP contribution in [0.15, 0.2) is 36.4 Å². The van der Waals surface area contributed by atoms with Gasteiger partial charge in [0, 0.05) is 12.6 Å². The first kappa shape index (κ1) is 13.3. The average molecular weight is 230 g/mol. The molecule has 0 aliphatic carbocycles. The van der Waals surface area contributed by atoms with Crippen molar-refractivity contribution in [2.75, 3.05) is 13.2 Å². The first-order valence-corrected chi connectivity index (χ1v) is 5.65. The minimum atomic E-state index is 0.446. The Labute approximate surface area is 103 Å². The molecule has 1 N–H and O–H groups in total. The molecule has 0 radical (unpaired) electrons. The van der Waals surface area contributed by atoms with E-state index in [1.165, 1.54) is 0 Å². The van der Waals surface area contributed by atoms with Gasteiger partial charge in [0.2, 0.25) is 0 Å². The molecule has 0 aromatic heterocycles. The molecular weight excluding hydrogens is 212 g/mol. The highest BCUT2D eigenvalue weighted by Gasteiger charge is 1.99. The molecule has 90 valence electrons. The predicted molar refractivity (Wildman–Crippen MR) is 68.9 cm³/mol. The Morgan fingerprint density at radius 3 is 2.59 bits per heavy atom. The van der Waals surface area contributed by atoms with Crippen LogP contribution in [0.5, 0.6) is 5.75 Å². The van der Waals surface area contributed by atoms with Crippen molar-refractivity contribution in [3.63, 3.8) is 0 Å². The molecule has 1 rings (SSSR count). The predicted octanol–water partition coefficient (Wildman–Crippen LogP) is 2.49. The Kier molecular flexibility index (Phi) is 5.25. The molecule has 0 spiro atoms. The van der Waals surface area contributed by atoms with Crippen LogP contribution in [0, 0.1) is 11.3 Å². The van der Waals surface area contributed by atoms with Gasteiger partial charge < -0.3 is 10.1 Å². The maximum Gasteiger partial charge on any atom is 0.119 e. The third-order valence-corrected chi connectivity index (χ3v) is 2.19. The minimum Gasteiger partial charge on any atom is -0.489 e. The standard InChI is InChI=1S/C14H18N2O/c1-11(2)16-9-12(3)10-17-14-6-4-13(8-15)5-7-14/h4-7,11,16H,3,9-10H2,1-2H3. The first-order chi connectivity index (χ1) is 8.11. The van der Waals surface area contributed by atoms with E-state index in [9.17, 15) is 0 Å². The van der Waals surface area contributed by atoms with E-state index in [-0.39, 0.29) is 0 Å². The summed E-state index contributed by atoms with van der Waals surface area (Å²) in [7, 11) is 0. The van der Waals surface area contributed by atoms with E-state index in [0.717, 1.165) is 17.9 Å². The summed E-state index contributed by atoms with van der Waals surface area (Å²) in [6.07, 6.45) is 0. The van der Waals surface area contributed by atoms with Gasteiger partial charge in [-0.2, -0.15) is 5.26 Å². The van der Waals surface area contributed by atoms with E-state index in [1.807, 2.05) is 0 Å². The van der Waals surface area contributed by atoms with Crippen molar-refractivity contribution < 1.29 is 4.74 Å². The monoisotopic (exact) mass is 230 g/mol. The average Bonchev–Trinajstić information content (AvgIpc) is 2.34. The van der Waals surface area contributed by atoms with Crippen molar-refractivity contribution in [2.24, 2.45) is 0 Å². The van der Waals surface area contributed by atoms with Gasteiger partial charge in [0.25, 0.3) is 0 Å². The molecule has 0 amide bonds. The third-order valence-electron chi connectivity index (χ3n) is 2.19. The molecule has 1 aromatic carbocycles. The van der Waals surface area contributed by atoms with E-state index in [4.69, 9.17) is 10.00 Å². The molecule has 1 aromatic rings. The summed E-state index contributed by atoms with van der Waals surface area (Å²) in [5, 5.41) is 11.9. The number of hydrogen-bond donors (Lipinski definition) is 1. The maximum atomic E-state index is 8.66. The number of nitriles is 1. The molecule has 0 aliphatic heterocycles. The molecule has 17 heavy (non-hydrogen) atoms. The van der Waals surface area contributed by atoms with Crippen LogP contribution in [0.25, 0.3) is 0 Å². The van der Waals surface area contributed by atoms with Crippen molar-refractivity contribution in [3.8, 4) is 11.8 Å². The van der Waals surface area contributed by atoms with Crippen LogP contribution in [0.4, 0.5) is 0 Å². The molecule has 0 atom stereocenters. The number of rotatable bonds is 6. The molecule has 0 bridgehead atoms. The highest BCUT2D eigenvalue weighted by Crippen LogP contribution is 2.12. The van der Waals surface area contributed by atoms with E-state index >= 15 is 0 Å². The molecule has 0 unspecified atom stereocenters. The van der Waals surface area contributed by atoms with Crippen molar-refractivity contribution in [1.29, 1.82) is 5.26 Å². The zero-order valence-corrected chi connectivity index (χ0v) is 10.4. The van der Waals surface area contributed by atoms with Gasteiger partial charge in [-0.05, 0) is 29.8 Å². The van der Waals surface area contributed by atoms with Crippen LogP contribution in [0.3, 0.4) is 0 Å². The molecular formula is C14H18N2O. The minimum absolute atomic E-state index is 0.446. The van der Waals surface area contributed by atoms with Crippen molar-refractivity contribution >= 4 is 0 Å². The highest BCUT2D eigenvalue weighted by molar-refractivity contribution is 5.34. The Hall–Kier alpha value is -1.79. The van der Waals surface area contributed by atoms with Gasteiger partial charge in [0.05, 0.1) is 11.6 Å². The Bertz CT molecular complexity index is 401. The van der Waals surface area contributed by atoms with Crippen LogP contribution in [-0.2, 0) is 0 Å². The van der Waals surface area contributed by atoms with E-state index < -0.39 is 0 Å². The summed E-state index contributed by atoms with van der Waals surface area (Å²) in [6.45, 7) is 9.37. The van der Waals surface area contributed by atoms with Gasteiger partial charge in [0.1, 0.15) is 12.4 Å². The number of benzene rings is 1. The smallest absolute Gasteiger partial charge is 0.119 e. The molecule has 0 saturated carbocycles. The zero-order chi connectivity index (χ0) is 12.7. The molecule has 3 heteroatoms. The number of nitrogens with one attached hydrogen (secondary N) is 1. The lowest BCUT2D eigenvalue weighted by Gasteiger charge is -2.11. The van der Waals surface area contributed by atoms with Crippen LogP contribution < -0.4 is 10.1 Å². The third kappa shape index (κ3) is 5.19. The Morgan fingerprint density at radius 2 is 2.06 bits per heavy atom. The molecule has 0 fully saturated rings. The van der Waals surface area contributed by atoms with E-state index in [1.54, 1.807) is 24.3 Å². The van der Waals surface area contributed by atoms with Crippen molar-refractivity contribution in [1.82, 2.24) is 5.32 Å². The van der Waals surface area contributed by atoms with Gasteiger partial charge in [-0.25, -0.2) is 0 Å². The summed E-state index contributed by atoms with van der Waals surface area (Å²) in [5.74, 6) is 0.759. The Balaban J connectivity index is 2.35. The SMILES string of the molecule is C=C(CNC(C)C)COc1ccc(C#N)cc1. The topological polar surface area (TPSA) is 45.0 Å². The van der Waals surface area contributed by atoms with Gasteiger partial charge in [0.15, 0.2) is 0 Å². The fourth-order valence-corrected chi connectivity index (χ4v) is 1.21. The second kappa shape index (κ2) is 6.72. The lowest BCUT2D eigenvalue weighted by Crippen LogP contribution is -2.26. The summed E-state index contributed by atoms with van der Waals surface area (Å²) in [5.41, 5.74) is 1.64. The lowest BCUT2D eigenvalue weighted by molar-refractivity contribution is 0.347. The van der Waals surface area contributed by atoms with Crippen LogP contribution in [0.1, 0.15) is 19.4 Å². The summed E-state index contributed by atoms with van der Waals surface area (Å²) in [6, 6.07) is 9.58. The number of nitrogens with zero attached hydrogens (tertiary/aromatic N) is 1. The summed E-state index contributed by atoms with van der Waals surface area (Å²) < 4.78 is 5.55. The van der Waals surface area contributed by atoms with Gasteiger partial charge in [-0.3, -0.25) is 0 Å². The van der Waals surface area contributed by atoms with Gasteiger partial charge in [-0.1, -0.05) is 20.4 Å². The second-order valence-corrected chi connectivity index (χ2v) is 4.21. The fraction of sp³-hybridized carbons (Fsp3) is 0.357. The molecule has 0 heterocycles. The largest absolute Gasteiger partial charge is 0.489 e. The van der Waals surface area contributed by atoms with Crippen molar-refractivity contribution in [2.45, 2.75) is 19.9 Å². The normalized spacial score (nSPS) is 10.0. The molecule has 3 nitrogen and oxygen atoms in total. The second-order valence-electron chi connectivity index (χ2n) is 4.21. The summed E-state index contributed by atoms with van der Waals surface area (Å²) in [4.78, 5) is 0. The van der Waals surface area contributed by atoms with Gasteiger partial charge >= 0.3 is 0 Å². The van der Waals surface area contributed by atoms with Crippen LogP contribution in [-0.4, -0.2) is 19.2 Å². The van der Waals surface area contributed by atoms with Gasteiger partial charge in [-0.15, -0.1) is 0 Å². The highest BCUT2D eigenvalue weighted by atomic mass is 16.5. The van der Waals surface area contributed by atoms with Crippen LogP contribution in [0.2, 0.25) is 0 Å². The molecule has 0 saturated heterocycles. The lowest BCUT2D eigenvalue weighted by atomic mass is 10.2. The zero-order valence-electron chi connectivity index (χ0n) is 10.4. The first-order valence-electron chi connectivity index (χ1n) is 5.65. The maximum absolute atomic E-state index is 8.66. The quantitative estimate of drug-likeness (QED) is 0.764. The van der Waals surface area contributed by atoms with E-state index in [0.29, 0.717) is 18.2 Å². The van der Waals surface area contributed by atoms with Crippen LogP contribution >= 0.6 is 0 Å².